The SMILES string of the molecule is CN(CCC#N)c1ccc(C=C(C(=O)O)c2cccs2)cc1. The fraction of sp³-hybridized carbons (Fsp3) is 0.176. The van der Waals surface area contributed by atoms with Crippen LogP contribution in [0.15, 0.2) is 41.8 Å². The van der Waals surface area contributed by atoms with Crippen molar-refractivity contribution in [3.8, 4) is 6.07 Å². The number of hydrogen-bond acceptors (Lipinski definition) is 4. The summed E-state index contributed by atoms with van der Waals surface area (Å²) in [5, 5.41) is 19.8. The van der Waals surface area contributed by atoms with Gasteiger partial charge in [0.2, 0.25) is 0 Å². The Bertz CT molecular complexity index is 697. The molecule has 0 amide bonds. The van der Waals surface area contributed by atoms with Crippen molar-refractivity contribution in [2.75, 3.05) is 18.5 Å². The molecule has 0 saturated carbocycles. The van der Waals surface area contributed by atoms with Crippen LogP contribution in [0, 0.1) is 11.3 Å². The summed E-state index contributed by atoms with van der Waals surface area (Å²) in [7, 11) is 1.93. The Hall–Kier alpha value is -2.58. The van der Waals surface area contributed by atoms with Crippen molar-refractivity contribution in [1.82, 2.24) is 0 Å². The lowest BCUT2D eigenvalue weighted by molar-refractivity contribution is -0.130. The molecule has 2 aromatic rings. The van der Waals surface area contributed by atoms with Crippen LogP contribution in [0.2, 0.25) is 0 Å². The molecule has 1 aromatic carbocycles. The van der Waals surface area contributed by atoms with Gasteiger partial charge in [-0.15, -0.1) is 11.3 Å². The van der Waals surface area contributed by atoms with E-state index >= 15 is 0 Å². The highest BCUT2D eigenvalue weighted by atomic mass is 32.1. The standard InChI is InChI=1S/C17H16N2O2S/c1-19(10-3-9-18)14-7-5-13(6-8-14)12-15(17(20)21)16-4-2-11-22-16/h2,4-8,11-12H,3,10H2,1H3,(H,20,21). The van der Waals surface area contributed by atoms with Crippen LogP contribution in [0.25, 0.3) is 11.6 Å². The van der Waals surface area contributed by atoms with E-state index in [4.69, 9.17) is 5.26 Å². The predicted molar refractivity (Wildman–Crippen MR) is 89.8 cm³/mol. The molecule has 112 valence electrons. The van der Waals surface area contributed by atoms with Crippen LogP contribution in [0.4, 0.5) is 5.69 Å². The zero-order valence-electron chi connectivity index (χ0n) is 12.2. The summed E-state index contributed by atoms with van der Waals surface area (Å²) in [6.07, 6.45) is 2.15. The van der Waals surface area contributed by atoms with Crippen molar-refractivity contribution in [3.05, 3.63) is 52.2 Å². The van der Waals surface area contributed by atoms with Crippen LogP contribution < -0.4 is 4.90 Å². The number of carboxylic acids is 1. The van der Waals surface area contributed by atoms with Gasteiger partial charge in [0, 0.05) is 24.2 Å². The lowest BCUT2D eigenvalue weighted by Gasteiger charge is -2.17. The summed E-state index contributed by atoms with van der Waals surface area (Å²) < 4.78 is 0. The molecular weight excluding hydrogens is 296 g/mol. The molecule has 0 atom stereocenters. The molecule has 0 aliphatic heterocycles. The monoisotopic (exact) mass is 312 g/mol. The van der Waals surface area contributed by atoms with Gasteiger partial charge in [0.15, 0.2) is 0 Å². The molecule has 22 heavy (non-hydrogen) atoms. The second-order valence-electron chi connectivity index (χ2n) is 4.76. The predicted octanol–water partition coefficient (Wildman–Crippen LogP) is 3.72. The number of carbonyl (C=O) groups is 1. The van der Waals surface area contributed by atoms with Crippen molar-refractivity contribution in [2.45, 2.75) is 6.42 Å². The number of benzene rings is 1. The molecule has 0 saturated heterocycles. The zero-order valence-corrected chi connectivity index (χ0v) is 13.0. The van der Waals surface area contributed by atoms with Gasteiger partial charge in [-0.1, -0.05) is 18.2 Å². The fourth-order valence-electron chi connectivity index (χ4n) is 2.01. The third kappa shape index (κ3) is 3.96. The average molecular weight is 312 g/mol. The van der Waals surface area contributed by atoms with Gasteiger partial charge in [-0.2, -0.15) is 5.26 Å². The summed E-state index contributed by atoms with van der Waals surface area (Å²) in [6.45, 7) is 0.668. The summed E-state index contributed by atoms with van der Waals surface area (Å²) in [5.41, 5.74) is 2.13. The van der Waals surface area contributed by atoms with E-state index in [1.807, 2.05) is 47.7 Å². The van der Waals surface area contributed by atoms with Crippen molar-refractivity contribution in [2.24, 2.45) is 0 Å². The molecule has 1 N–H and O–H groups in total. The van der Waals surface area contributed by atoms with Crippen LogP contribution in [0.1, 0.15) is 16.9 Å². The quantitative estimate of drug-likeness (QED) is 0.826. The normalized spacial score (nSPS) is 11.0. The minimum atomic E-state index is -0.933. The minimum Gasteiger partial charge on any atom is -0.478 e. The van der Waals surface area contributed by atoms with E-state index in [2.05, 4.69) is 6.07 Å². The van der Waals surface area contributed by atoms with Crippen molar-refractivity contribution < 1.29 is 9.90 Å². The number of rotatable bonds is 6. The molecule has 0 aliphatic rings. The Morgan fingerprint density at radius 3 is 2.64 bits per heavy atom. The van der Waals surface area contributed by atoms with E-state index < -0.39 is 5.97 Å². The third-order valence-electron chi connectivity index (χ3n) is 3.22. The van der Waals surface area contributed by atoms with E-state index in [0.717, 1.165) is 16.1 Å². The maximum atomic E-state index is 11.4. The molecule has 0 aliphatic carbocycles. The van der Waals surface area contributed by atoms with Crippen LogP contribution in [0.3, 0.4) is 0 Å². The van der Waals surface area contributed by atoms with E-state index in [9.17, 15) is 9.90 Å². The first-order valence-electron chi connectivity index (χ1n) is 6.79. The molecule has 0 unspecified atom stereocenters. The molecule has 4 nitrogen and oxygen atoms in total. The lowest BCUT2D eigenvalue weighted by atomic mass is 10.1. The molecule has 5 heteroatoms. The molecule has 1 aromatic heterocycles. The molecule has 0 bridgehead atoms. The summed E-state index contributed by atoms with van der Waals surface area (Å²) in [6, 6.07) is 13.4. The van der Waals surface area contributed by atoms with Gasteiger partial charge in [0.05, 0.1) is 18.1 Å². The van der Waals surface area contributed by atoms with E-state index in [1.54, 1.807) is 12.1 Å². The minimum absolute atomic E-state index is 0.292. The summed E-state index contributed by atoms with van der Waals surface area (Å²) >= 11 is 1.41. The first-order chi connectivity index (χ1) is 10.6. The highest BCUT2D eigenvalue weighted by Crippen LogP contribution is 2.24. The maximum absolute atomic E-state index is 11.4. The van der Waals surface area contributed by atoms with E-state index in [1.165, 1.54) is 11.3 Å². The Morgan fingerprint density at radius 2 is 2.09 bits per heavy atom. The number of nitriles is 1. The second-order valence-corrected chi connectivity index (χ2v) is 5.71. The summed E-state index contributed by atoms with van der Waals surface area (Å²) in [4.78, 5) is 14.1. The molecule has 0 fully saturated rings. The lowest BCUT2D eigenvalue weighted by Crippen LogP contribution is -2.17. The third-order valence-corrected chi connectivity index (χ3v) is 4.12. The van der Waals surface area contributed by atoms with Gasteiger partial charge in [-0.3, -0.25) is 0 Å². The number of nitrogens with zero attached hydrogens (tertiary/aromatic N) is 2. The Kier molecular flexibility index (Phi) is 5.34. The number of aliphatic carboxylic acids is 1. The van der Waals surface area contributed by atoms with Crippen molar-refractivity contribution >= 4 is 34.6 Å². The number of anilines is 1. The molecule has 0 radical (unpaired) electrons. The highest BCUT2D eigenvalue weighted by Gasteiger charge is 2.11. The molecular formula is C17H16N2O2S. The topological polar surface area (TPSA) is 64.3 Å². The molecule has 1 heterocycles. The van der Waals surface area contributed by atoms with E-state index in [-0.39, 0.29) is 0 Å². The maximum Gasteiger partial charge on any atom is 0.337 e. The van der Waals surface area contributed by atoms with Crippen molar-refractivity contribution in [1.29, 1.82) is 5.26 Å². The van der Waals surface area contributed by atoms with Gasteiger partial charge >= 0.3 is 5.97 Å². The van der Waals surface area contributed by atoms with Gasteiger partial charge in [-0.05, 0) is 35.2 Å². The fourth-order valence-corrected chi connectivity index (χ4v) is 2.74. The first-order valence-corrected chi connectivity index (χ1v) is 7.67. The Balaban J connectivity index is 2.21. The largest absolute Gasteiger partial charge is 0.478 e. The highest BCUT2D eigenvalue weighted by molar-refractivity contribution is 7.11. The Morgan fingerprint density at radius 1 is 1.36 bits per heavy atom. The van der Waals surface area contributed by atoms with Gasteiger partial charge in [0.1, 0.15) is 0 Å². The molecule has 2 rings (SSSR count). The van der Waals surface area contributed by atoms with Gasteiger partial charge < -0.3 is 10.0 Å². The van der Waals surface area contributed by atoms with Crippen molar-refractivity contribution in [3.63, 3.8) is 0 Å². The number of thiophene rings is 1. The molecule has 0 spiro atoms. The van der Waals surface area contributed by atoms with Crippen LogP contribution in [-0.2, 0) is 4.79 Å². The van der Waals surface area contributed by atoms with Gasteiger partial charge in [-0.25, -0.2) is 4.79 Å². The number of carboxylic acid groups (broad SMARTS) is 1. The Labute approximate surface area is 133 Å². The number of hydrogen-bond donors (Lipinski definition) is 1. The second kappa shape index (κ2) is 7.43. The zero-order chi connectivity index (χ0) is 15.9. The van der Waals surface area contributed by atoms with Crippen LogP contribution in [-0.4, -0.2) is 24.7 Å². The van der Waals surface area contributed by atoms with Crippen LogP contribution in [0.5, 0.6) is 0 Å². The van der Waals surface area contributed by atoms with Crippen LogP contribution >= 0.6 is 11.3 Å². The smallest absolute Gasteiger partial charge is 0.337 e. The average Bonchev–Trinajstić information content (AvgIpc) is 3.04. The van der Waals surface area contributed by atoms with E-state index in [0.29, 0.717) is 18.5 Å². The summed E-state index contributed by atoms with van der Waals surface area (Å²) in [5.74, 6) is -0.933. The first kappa shape index (κ1) is 15.8. The van der Waals surface area contributed by atoms with Gasteiger partial charge in [0.25, 0.3) is 0 Å².